The molecule has 1 fully saturated rings. The van der Waals surface area contributed by atoms with Crippen molar-refractivity contribution < 1.29 is 4.79 Å². The van der Waals surface area contributed by atoms with Crippen molar-refractivity contribution in [1.29, 1.82) is 0 Å². The molecule has 32 heavy (non-hydrogen) atoms. The lowest BCUT2D eigenvalue weighted by molar-refractivity contribution is 0.0954. The van der Waals surface area contributed by atoms with E-state index in [1.165, 1.54) is 5.56 Å². The molecule has 0 saturated carbocycles. The minimum absolute atomic E-state index is 0. The maximum atomic E-state index is 12.1. The van der Waals surface area contributed by atoms with Crippen LogP contribution < -0.4 is 16.0 Å². The molecule has 2 unspecified atom stereocenters. The summed E-state index contributed by atoms with van der Waals surface area (Å²) in [4.78, 5) is 19.3. The van der Waals surface area contributed by atoms with E-state index in [-0.39, 0.29) is 29.9 Å². The van der Waals surface area contributed by atoms with Gasteiger partial charge in [0, 0.05) is 43.8 Å². The fourth-order valence-corrected chi connectivity index (χ4v) is 3.95. The highest BCUT2D eigenvalue weighted by molar-refractivity contribution is 14.0. The fraction of sp³-hybridized carbons (Fsp3) is 0.440. The molecule has 2 aromatic carbocycles. The minimum Gasteiger partial charge on any atom is -0.357 e. The lowest BCUT2D eigenvalue weighted by atomic mass is 9.97. The molecule has 1 heterocycles. The molecular formula is C25H36IN5O. The first kappa shape index (κ1) is 26.1. The summed E-state index contributed by atoms with van der Waals surface area (Å²) in [6.45, 7) is 8.31. The van der Waals surface area contributed by atoms with Gasteiger partial charge >= 0.3 is 0 Å². The second kappa shape index (κ2) is 14.1. The topological polar surface area (TPSA) is 68.8 Å². The summed E-state index contributed by atoms with van der Waals surface area (Å²) in [7, 11) is 0. The Morgan fingerprint density at radius 1 is 1.06 bits per heavy atom. The van der Waals surface area contributed by atoms with E-state index in [2.05, 4.69) is 70.0 Å². The van der Waals surface area contributed by atoms with Crippen molar-refractivity contribution in [3.05, 3.63) is 71.8 Å². The van der Waals surface area contributed by atoms with Crippen molar-refractivity contribution >= 4 is 35.8 Å². The third-order valence-corrected chi connectivity index (χ3v) is 5.63. The Bertz CT molecular complexity index is 831. The van der Waals surface area contributed by atoms with E-state index in [4.69, 9.17) is 0 Å². The fourth-order valence-electron chi connectivity index (χ4n) is 3.95. The number of carbonyl (C=O) groups excluding carboxylic acids is 1. The Hall–Kier alpha value is -2.13. The predicted molar refractivity (Wildman–Crippen MR) is 143 cm³/mol. The van der Waals surface area contributed by atoms with Crippen molar-refractivity contribution in [2.24, 2.45) is 4.99 Å². The van der Waals surface area contributed by atoms with Gasteiger partial charge in [-0.15, -0.1) is 24.0 Å². The molecule has 7 heteroatoms. The number of nitrogens with zero attached hydrogens (tertiary/aromatic N) is 2. The smallest absolute Gasteiger partial charge is 0.251 e. The van der Waals surface area contributed by atoms with E-state index >= 15 is 0 Å². The van der Waals surface area contributed by atoms with Crippen molar-refractivity contribution in [2.45, 2.75) is 45.3 Å². The van der Waals surface area contributed by atoms with Crippen LogP contribution in [0.4, 0.5) is 0 Å². The molecule has 1 saturated heterocycles. The minimum atomic E-state index is -0.0617. The van der Waals surface area contributed by atoms with Gasteiger partial charge in [-0.25, -0.2) is 0 Å². The molecule has 0 aromatic heterocycles. The number of guanidine groups is 1. The maximum absolute atomic E-state index is 12.1. The molecule has 1 aliphatic rings. The highest BCUT2D eigenvalue weighted by Gasteiger charge is 2.25. The Balaban J connectivity index is 0.00000363. The largest absolute Gasteiger partial charge is 0.357 e. The third-order valence-electron chi connectivity index (χ3n) is 5.63. The SMILES string of the molecule is CCNC(=NCCNC(=O)c1ccccc1)NC1CCN(Cc2ccccc2)C(C)C1.I. The molecular weight excluding hydrogens is 513 g/mol. The van der Waals surface area contributed by atoms with Crippen molar-refractivity contribution in [3.63, 3.8) is 0 Å². The van der Waals surface area contributed by atoms with Gasteiger partial charge in [0.05, 0.1) is 6.54 Å². The number of hydrogen-bond acceptors (Lipinski definition) is 3. The third kappa shape index (κ3) is 8.43. The first-order valence-corrected chi connectivity index (χ1v) is 11.3. The molecule has 174 valence electrons. The molecule has 1 aliphatic heterocycles. The molecule has 0 spiro atoms. The summed E-state index contributed by atoms with van der Waals surface area (Å²) in [5.41, 5.74) is 2.04. The number of piperidine rings is 1. The maximum Gasteiger partial charge on any atom is 0.251 e. The molecule has 2 aromatic rings. The number of likely N-dealkylation sites (tertiary alicyclic amines) is 1. The molecule has 0 radical (unpaired) electrons. The van der Waals surface area contributed by atoms with Gasteiger partial charge in [0.2, 0.25) is 0 Å². The van der Waals surface area contributed by atoms with Gasteiger partial charge < -0.3 is 16.0 Å². The van der Waals surface area contributed by atoms with E-state index in [1.807, 2.05) is 30.3 Å². The predicted octanol–water partition coefficient (Wildman–Crippen LogP) is 3.64. The summed E-state index contributed by atoms with van der Waals surface area (Å²) < 4.78 is 0. The molecule has 3 rings (SSSR count). The van der Waals surface area contributed by atoms with Crippen LogP contribution in [0.5, 0.6) is 0 Å². The van der Waals surface area contributed by atoms with Crippen molar-refractivity contribution in [1.82, 2.24) is 20.9 Å². The van der Waals surface area contributed by atoms with E-state index in [9.17, 15) is 4.79 Å². The van der Waals surface area contributed by atoms with Crippen LogP contribution in [-0.4, -0.2) is 55.0 Å². The average Bonchev–Trinajstić information content (AvgIpc) is 2.80. The molecule has 0 bridgehead atoms. The quantitative estimate of drug-likeness (QED) is 0.204. The van der Waals surface area contributed by atoms with Crippen LogP contribution in [0, 0.1) is 0 Å². The van der Waals surface area contributed by atoms with Crippen LogP contribution in [-0.2, 0) is 6.54 Å². The molecule has 2 atom stereocenters. The van der Waals surface area contributed by atoms with Crippen LogP contribution >= 0.6 is 24.0 Å². The first-order chi connectivity index (χ1) is 15.2. The Morgan fingerprint density at radius 3 is 2.41 bits per heavy atom. The Kier molecular flexibility index (Phi) is 11.5. The number of nitrogens with one attached hydrogen (secondary N) is 3. The van der Waals surface area contributed by atoms with Gasteiger partial charge in [-0.1, -0.05) is 48.5 Å². The standard InChI is InChI=1S/C25H35N5O.HI/c1-3-26-25(28-16-15-27-24(31)22-12-8-5-9-13-22)29-23-14-17-30(20(2)18-23)19-21-10-6-4-7-11-21;/h4-13,20,23H,3,14-19H2,1-2H3,(H,27,31)(H2,26,28,29);1H. The Labute approximate surface area is 209 Å². The lowest BCUT2D eigenvalue weighted by Gasteiger charge is -2.38. The number of rotatable bonds is 8. The zero-order valence-corrected chi connectivity index (χ0v) is 21.4. The van der Waals surface area contributed by atoms with Crippen LogP contribution in [0.2, 0.25) is 0 Å². The Morgan fingerprint density at radius 2 is 1.75 bits per heavy atom. The summed E-state index contributed by atoms with van der Waals surface area (Å²) >= 11 is 0. The van der Waals surface area contributed by atoms with Crippen LogP contribution in [0.15, 0.2) is 65.7 Å². The summed E-state index contributed by atoms with van der Waals surface area (Å²) in [5.74, 6) is 0.763. The highest BCUT2D eigenvalue weighted by atomic mass is 127. The van der Waals surface area contributed by atoms with Crippen LogP contribution in [0.25, 0.3) is 0 Å². The summed E-state index contributed by atoms with van der Waals surface area (Å²) in [5, 5.41) is 9.85. The number of benzene rings is 2. The monoisotopic (exact) mass is 549 g/mol. The number of amides is 1. The van der Waals surface area contributed by atoms with E-state index in [1.54, 1.807) is 0 Å². The van der Waals surface area contributed by atoms with Gasteiger partial charge in [-0.05, 0) is 44.4 Å². The van der Waals surface area contributed by atoms with Gasteiger partial charge in [0.15, 0.2) is 5.96 Å². The van der Waals surface area contributed by atoms with E-state index < -0.39 is 0 Å². The number of aliphatic imine (C=N–C) groups is 1. The highest BCUT2D eigenvalue weighted by Crippen LogP contribution is 2.19. The van der Waals surface area contributed by atoms with Crippen molar-refractivity contribution in [2.75, 3.05) is 26.2 Å². The number of carbonyl (C=O) groups is 1. The summed E-state index contributed by atoms with van der Waals surface area (Å²) in [6.07, 6.45) is 2.17. The molecule has 1 amide bonds. The zero-order chi connectivity index (χ0) is 21.9. The second-order valence-corrected chi connectivity index (χ2v) is 8.05. The van der Waals surface area contributed by atoms with Gasteiger partial charge in [0.25, 0.3) is 5.91 Å². The molecule has 6 nitrogen and oxygen atoms in total. The average molecular weight is 550 g/mol. The zero-order valence-electron chi connectivity index (χ0n) is 19.1. The van der Waals surface area contributed by atoms with Crippen LogP contribution in [0.3, 0.4) is 0 Å². The summed E-state index contributed by atoms with van der Waals surface area (Å²) in [6, 6.07) is 20.9. The molecule has 3 N–H and O–H groups in total. The molecule has 0 aliphatic carbocycles. The van der Waals surface area contributed by atoms with Gasteiger partial charge in [0.1, 0.15) is 0 Å². The van der Waals surface area contributed by atoms with Crippen LogP contribution in [0.1, 0.15) is 42.6 Å². The number of hydrogen-bond donors (Lipinski definition) is 3. The first-order valence-electron chi connectivity index (χ1n) is 11.3. The lowest BCUT2D eigenvalue weighted by Crippen LogP contribution is -2.51. The van der Waals surface area contributed by atoms with E-state index in [0.29, 0.717) is 30.7 Å². The van der Waals surface area contributed by atoms with E-state index in [0.717, 1.165) is 38.4 Å². The normalized spacial score (nSPS) is 19.0. The number of halogens is 1. The second-order valence-electron chi connectivity index (χ2n) is 8.05. The van der Waals surface area contributed by atoms with Crippen molar-refractivity contribution in [3.8, 4) is 0 Å². The van der Waals surface area contributed by atoms with Gasteiger partial charge in [-0.3, -0.25) is 14.7 Å². The van der Waals surface area contributed by atoms with Gasteiger partial charge in [-0.2, -0.15) is 0 Å².